The van der Waals surface area contributed by atoms with E-state index in [1.165, 1.54) is 18.2 Å². The third kappa shape index (κ3) is 4.98. The molecule has 32 heavy (non-hydrogen) atoms. The average molecular weight is 445 g/mol. The lowest BCUT2D eigenvalue weighted by Gasteiger charge is -2.32. The first-order valence-corrected chi connectivity index (χ1v) is 10.0. The Morgan fingerprint density at radius 1 is 0.938 bits per heavy atom. The standard InChI is InChI=1S/C25H20F5NO/c1-24(12-16-7-20(26)11-21(27)8-16)14-31-13-19-6-5-18(10-23(19)24)17-3-2-4-22(9-17)32-15-25(28,29)30/h2-11,14H,12-13,15H2,1H3. The summed E-state index contributed by atoms with van der Waals surface area (Å²) in [5.74, 6) is -1.15. The molecule has 3 aromatic rings. The van der Waals surface area contributed by atoms with Crippen molar-refractivity contribution in [2.24, 2.45) is 4.99 Å². The molecule has 0 N–H and O–H groups in total. The first kappa shape index (κ1) is 22.0. The molecule has 1 heterocycles. The SMILES string of the molecule is CC1(Cc2cc(F)cc(F)c2)C=NCc2ccc(-c3cccc(OCC(F)(F)F)c3)cc21. The number of alkyl halides is 3. The van der Waals surface area contributed by atoms with E-state index in [0.29, 0.717) is 24.1 Å². The summed E-state index contributed by atoms with van der Waals surface area (Å²) in [4.78, 5) is 4.44. The van der Waals surface area contributed by atoms with Gasteiger partial charge >= 0.3 is 6.18 Å². The molecule has 0 radical (unpaired) electrons. The fraction of sp³-hybridized carbons (Fsp3) is 0.240. The second kappa shape index (κ2) is 8.37. The van der Waals surface area contributed by atoms with Gasteiger partial charge in [-0.3, -0.25) is 4.99 Å². The zero-order chi connectivity index (χ0) is 22.9. The number of nitrogens with zero attached hydrogens (tertiary/aromatic N) is 1. The van der Waals surface area contributed by atoms with E-state index in [2.05, 4.69) is 4.99 Å². The van der Waals surface area contributed by atoms with Crippen molar-refractivity contribution in [3.8, 4) is 16.9 Å². The van der Waals surface area contributed by atoms with Crippen LogP contribution in [0.5, 0.6) is 5.75 Å². The predicted octanol–water partition coefficient (Wildman–Crippen LogP) is 6.66. The number of rotatable bonds is 5. The smallest absolute Gasteiger partial charge is 0.422 e. The third-order valence-electron chi connectivity index (χ3n) is 5.43. The first-order chi connectivity index (χ1) is 15.1. The molecule has 1 aliphatic heterocycles. The van der Waals surface area contributed by atoms with Crippen molar-refractivity contribution in [3.63, 3.8) is 0 Å². The van der Waals surface area contributed by atoms with E-state index in [-0.39, 0.29) is 5.75 Å². The molecule has 3 aromatic carbocycles. The highest BCUT2D eigenvalue weighted by Gasteiger charge is 2.31. The molecule has 1 aliphatic rings. The zero-order valence-electron chi connectivity index (χ0n) is 17.2. The summed E-state index contributed by atoms with van der Waals surface area (Å²) in [7, 11) is 0. The Morgan fingerprint density at radius 2 is 1.66 bits per heavy atom. The Hall–Kier alpha value is -3.22. The van der Waals surface area contributed by atoms with Gasteiger partial charge in [0.25, 0.3) is 0 Å². The van der Waals surface area contributed by atoms with Crippen LogP contribution in [0.2, 0.25) is 0 Å². The van der Waals surface area contributed by atoms with Crippen molar-refractivity contribution >= 4 is 6.21 Å². The minimum atomic E-state index is -4.42. The molecule has 0 bridgehead atoms. The van der Waals surface area contributed by atoms with Crippen LogP contribution in [0.1, 0.15) is 23.6 Å². The van der Waals surface area contributed by atoms with E-state index in [9.17, 15) is 22.0 Å². The summed E-state index contributed by atoms with van der Waals surface area (Å²) in [5.41, 5.74) is 3.35. The maximum absolute atomic E-state index is 13.7. The van der Waals surface area contributed by atoms with E-state index in [0.717, 1.165) is 22.8 Å². The molecule has 0 amide bonds. The molecule has 0 spiro atoms. The molecule has 0 saturated carbocycles. The predicted molar refractivity (Wildman–Crippen MR) is 113 cm³/mol. The molecule has 7 heteroatoms. The van der Waals surface area contributed by atoms with Gasteiger partial charge in [-0.05, 0) is 64.6 Å². The summed E-state index contributed by atoms with van der Waals surface area (Å²) in [6, 6.07) is 15.7. The molecule has 0 fully saturated rings. The topological polar surface area (TPSA) is 21.6 Å². The van der Waals surface area contributed by atoms with Crippen molar-refractivity contribution in [2.45, 2.75) is 31.5 Å². The van der Waals surface area contributed by atoms with Crippen LogP contribution in [0.15, 0.2) is 65.7 Å². The summed E-state index contributed by atoms with van der Waals surface area (Å²) >= 11 is 0. The molecule has 166 valence electrons. The first-order valence-electron chi connectivity index (χ1n) is 10.0. The highest BCUT2D eigenvalue weighted by Crippen LogP contribution is 2.36. The summed E-state index contributed by atoms with van der Waals surface area (Å²) < 4.78 is 69.7. The molecule has 1 atom stereocenters. The molecule has 0 saturated heterocycles. The number of hydrogen-bond acceptors (Lipinski definition) is 2. The van der Waals surface area contributed by atoms with Gasteiger partial charge in [-0.15, -0.1) is 0 Å². The van der Waals surface area contributed by atoms with Crippen molar-refractivity contribution in [1.29, 1.82) is 0 Å². The van der Waals surface area contributed by atoms with Gasteiger partial charge in [-0.1, -0.05) is 31.2 Å². The monoisotopic (exact) mass is 445 g/mol. The lowest BCUT2D eigenvalue weighted by Crippen LogP contribution is -2.31. The highest BCUT2D eigenvalue weighted by molar-refractivity contribution is 5.78. The normalized spacial score (nSPS) is 17.8. The van der Waals surface area contributed by atoms with Crippen LogP contribution in [-0.4, -0.2) is 19.0 Å². The van der Waals surface area contributed by atoms with Gasteiger partial charge < -0.3 is 4.74 Å². The third-order valence-corrected chi connectivity index (χ3v) is 5.43. The van der Waals surface area contributed by atoms with Crippen molar-refractivity contribution in [3.05, 3.63) is 89.0 Å². The maximum Gasteiger partial charge on any atom is 0.422 e. The van der Waals surface area contributed by atoms with Crippen molar-refractivity contribution in [2.75, 3.05) is 6.61 Å². The van der Waals surface area contributed by atoms with E-state index in [4.69, 9.17) is 4.74 Å². The fourth-order valence-corrected chi connectivity index (χ4v) is 4.05. The van der Waals surface area contributed by atoms with Crippen LogP contribution in [0.25, 0.3) is 11.1 Å². The van der Waals surface area contributed by atoms with Gasteiger partial charge in [0.05, 0.1) is 6.54 Å². The van der Waals surface area contributed by atoms with Crippen molar-refractivity contribution < 1.29 is 26.7 Å². The average Bonchev–Trinajstić information content (AvgIpc) is 2.71. The summed E-state index contributed by atoms with van der Waals surface area (Å²) in [5, 5.41) is 0. The second-order valence-electron chi connectivity index (χ2n) is 8.15. The van der Waals surface area contributed by atoms with Gasteiger partial charge in [0.2, 0.25) is 0 Å². The van der Waals surface area contributed by atoms with Gasteiger partial charge in [-0.25, -0.2) is 8.78 Å². The van der Waals surface area contributed by atoms with Crippen LogP contribution in [0, 0.1) is 11.6 Å². The number of fused-ring (bicyclic) bond motifs is 1. The lowest BCUT2D eigenvalue weighted by atomic mass is 9.74. The molecule has 0 aliphatic carbocycles. The van der Waals surface area contributed by atoms with Gasteiger partial charge in [0.1, 0.15) is 17.4 Å². The largest absolute Gasteiger partial charge is 0.484 e. The van der Waals surface area contributed by atoms with Crippen LogP contribution in [0.4, 0.5) is 22.0 Å². The van der Waals surface area contributed by atoms with Crippen LogP contribution < -0.4 is 4.74 Å². The summed E-state index contributed by atoms with van der Waals surface area (Å²) in [6.45, 7) is 1.07. The number of ether oxygens (including phenoxy) is 1. The molecule has 2 nitrogen and oxygen atoms in total. The number of benzene rings is 3. The molecule has 0 aromatic heterocycles. The van der Waals surface area contributed by atoms with Crippen LogP contribution in [-0.2, 0) is 18.4 Å². The Bertz CT molecular complexity index is 1150. The second-order valence-corrected chi connectivity index (χ2v) is 8.15. The Kier molecular flexibility index (Phi) is 5.75. The number of aliphatic imine (C=N–C) groups is 1. The molecule has 1 unspecified atom stereocenters. The molecular formula is C25H20F5NO. The molecular weight excluding hydrogens is 425 g/mol. The van der Waals surface area contributed by atoms with Crippen LogP contribution >= 0.6 is 0 Å². The quantitative estimate of drug-likeness (QED) is 0.403. The van der Waals surface area contributed by atoms with E-state index < -0.39 is 29.8 Å². The zero-order valence-corrected chi connectivity index (χ0v) is 17.2. The number of hydrogen-bond donors (Lipinski definition) is 0. The Labute approximate surface area is 182 Å². The maximum atomic E-state index is 13.7. The van der Waals surface area contributed by atoms with Gasteiger partial charge in [0, 0.05) is 17.7 Å². The minimum absolute atomic E-state index is 0.122. The van der Waals surface area contributed by atoms with E-state index >= 15 is 0 Å². The number of halogens is 5. The Balaban J connectivity index is 1.67. The van der Waals surface area contributed by atoms with Gasteiger partial charge in [-0.2, -0.15) is 13.2 Å². The highest BCUT2D eigenvalue weighted by atomic mass is 19.4. The summed E-state index contributed by atoms with van der Waals surface area (Å²) in [6.07, 6.45) is -2.28. The van der Waals surface area contributed by atoms with Crippen molar-refractivity contribution in [1.82, 2.24) is 0 Å². The van der Waals surface area contributed by atoms with E-state index in [1.54, 1.807) is 24.4 Å². The minimum Gasteiger partial charge on any atom is -0.484 e. The lowest BCUT2D eigenvalue weighted by molar-refractivity contribution is -0.153. The van der Waals surface area contributed by atoms with Crippen LogP contribution in [0.3, 0.4) is 0 Å². The van der Waals surface area contributed by atoms with Gasteiger partial charge in [0.15, 0.2) is 6.61 Å². The fourth-order valence-electron chi connectivity index (χ4n) is 4.05. The molecule has 4 rings (SSSR count). The van der Waals surface area contributed by atoms with E-state index in [1.807, 2.05) is 25.1 Å². The Morgan fingerprint density at radius 3 is 2.38 bits per heavy atom.